The summed E-state index contributed by atoms with van der Waals surface area (Å²) in [6.07, 6.45) is 0. The molecule has 0 aliphatic carbocycles. The first kappa shape index (κ1) is 17.1. The SMILES string of the molecule is CCOc1cc(CNC(C)C(C)CO)cc(Cl)c1OC. The Morgan fingerprint density at radius 3 is 2.60 bits per heavy atom. The summed E-state index contributed by atoms with van der Waals surface area (Å²) in [5, 5.41) is 13.0. The Labute approximate surface area is 126 Å². The van der Waals surface area contributed by atoms with Crippen LogP contribution in [0.5, 0.6) is 11.5 Å². The third-order valence-electron chi connectivity index (χ3n) is 3.34. The zero-order valence-electron chi connectivity index (χ0n) is 12.6. The van der Waals surface area contributed by atoms with Crippen LogP contribution in [0.4, 0.5) is 0 Å². The van der Waals surface area contributed by atoms with Crippen LogP contribution in [-0.2, 0) is 6.54 Å². The Hall–Kier alpha value is -0.970. The number of halogens is 1. The maximum absolute atomic E-state index is 9.13. The van der Waals surface area contributed by atoms with Gasteiger partial charge in [0.15, 0.2) is 11.5 Å². The highest BCUT2D eigenvalue weighted by atomic mass is 35.5. The van der Waals surface area contributed by atoms with Gasteiger partial charge in [-0.3, -0.25) is 0 Å². The summed E-state index contributed by atoms with van der Waals surface area (Å²) in [4.78, 5) is 0. The molecule has 0 radical (unpaired) electrons. The molecule has 2 unspecified atom stereocenters. The molecule has 0 aromatic heterocycles. The van der Waals surface area contributed by atoms with Crippen LogP contribution in [0.3, 0.4) is 0 Å². The molecule has 0 aliphatic heterocycles. The van der Waals surface area contributed by atoms with Crippen LogP contribution in [0.2, 0.25) is 5.02 Å². The number of hydrogen-bond donors (Lipinski definition) is 2. The molecule has 4 nitrogen and oxygen atoms in total. The van der Waals surface area contributed by atoms with Gasteiger partial charge in [0.2, 0.25) is 0 Å². The van der Waals surface area contributed by atoms with Gasteiger partial charge in [0.25, 0.3) is 0 Å². The third kappa shape index (κ3) is 4.54. The van der Waals surface area contributed by atoms with Crippen molar-refractivity contribution in [2.24, 2.45) is 5.92 Å². The molecule has 5 heteroatoms. The first-order chi connectivity index (χ1) is 9.53. The maximum atomic E-state index is 9.13. The lowest BCUT2D eigenvalue weighted by Gasteiger charge is -2.20. The average molecular weight is 302 g/mol. The maximum Gasteiger partial charge on any atom is 0.179 e. The second-order valence-corrected chi connectivity index (χ2v) is 5.28. The Morgan fingerprint density at radius 2 is 2.05 bits per heavy atom. The minimum absolute atomic E-state index is 0.168. The van der Waals surface area contributed by atoms with Crippen molar-refractivity contribution >= 4 is 11.6 Å². The fourth-order valence-corrected chi connectivity index (χ4v) is 2.13. The highest BCUT2D eigenvalue weighted by Crippen LogP contribution is 2.36. The topological polar surface area (TPSA) is 50.7 Å². The van der Waals surface area contributed by atoms with Gasteiger partial charge in [0.1, 0.15) is 0 Å². The Bertz CT molecular complexity index is 426. The summed E-state index contributed by atoms with van der Waals surface area (Å²) >= 11 is 6.20. The van der Waals surface area contributed by atoms with Crippen LogP contribution in [0.15, 0.2) is 12.1 Å². The van der Waals surface area contributed by atoms with E-state index in [1.54, 1.807) is 7.11 Å². The first-order valence-electron chi connectivity index (χ1n) is 6.86. The van der Waals surface area contributed by atoms with Crippen molar-refractivity contribution in [2.75, 3.05) is 20.3 Å². The van der Waals surface area contributed by atoms with E-state index in [9.17, 15) is 0 Å². The molecule has 2 atom stereocenters. The van der Waals surface area contributed by atoms with Gasteiger partial charge >= 0.3 is 0 Å². The van der Waals surface area contributed by atoms with Gasteiger partial charge in [0.05, 0.1) is 18.7 Å². The molecule has 0 spiro atoms. The summed E-state index contributed by atoms with van der Waals surface area (Å²) in [7, 11) is 1.58. The highest BCUT2D eigenvalue weighted by molar-refractivity contribution is 6.32. The molecular formula is C15H24ClNO3. The van der Waals surface area contributed by atoms with Crippen molar-refractivity contribution in [3.05, 3.63) is 22.7 Å². The summed E-state index contributed by atoms with van der Waals surface area (Å²) in [5.41, 5.74) is 1.02. The van der Waals surface area contributed by atoms with E-state index in [0.717, 1.165) is 5.56 Å². The molecule has 0 heterocycles. The summed E-state index contributed by atoms with van der Waals surface area (Å²) < 4.78 is 10.8. The van der Waals surface area contributed by atoms with E-state index >= 15 is 0 Å². The number of benzene rings is 1. The van der Waals surface area contributed by atoms with Gasteiger partial charge in [-0.2, -0.15) is 0 Å². The van der Waals surface area contributed by atoms with Crippen LogP contribution in [0.25, 0.3) is 0 Å². The molecule has 1 aromatic rings. The van der Waals surface area contributed by atoms with Gasteiger partial charge in [0, 0.05) is 19.2 Å². The molecule has 0 saturated carbocycles. The molecule has 0 saturated heterocycles. The molecular weight excluding hydrogens is 278 g/mol. The molecule has 1 rings (SSSR count). The zero-order chi connectivity index (χ0) is 15.1. The highest BCUT2D eigenvalue weighted by Gasteiger charge is 2.14. The van der Waals surface area contributed by atoms with Gasteiger partial charge in [-0.25, -0.2) is 0 Å². The minimum atomic E-state index is 0.168. The number of methoxy groups -OCH3 is 1. The second kappa shape index (κ2) is 8.35. The standard InChI is InChI=1S/C15H24ClNO3/c1-5-20-14-7-12(6-13(16)15(14)19-4)8-17-11(3)10(2)9-18/h6-7,10-11,17-18H,5,8-9H2,1-4H3. The number of hydrogen-bond acceptors (Lipinski definition) is 4. The van der Waals surface area contributed by atoms with E-state index in [1.807, 2.05) is 26.0 Å². The van der Waals surface area contributed by atoms with Crippen LogP contribution in [-0.4, -0.2) is 31.5 Å². The molecule has 1 aromatic carbocycles. The minimum Gasteiger partial charge on any atom is -0.491 e. The quantitative estimate of drug-likeness (QED) is 0.775. The van der Waals surface area contributed by atoms with Gasteiger partial charge < -0.3 is 19.9 Å². The van der Waals surface area contributed by atoms with E-state index in [0.29, 0.717) is 29.7 Å². The monoisotopic (exact) mass is 301 g/mol. The Kier molecular flexibility index (Phi) is 7.13. The van der Waals surface area contributed by atoms with Crippen molar-refractivity contribution < 1.29 is 14.6 Å². The predicted octanol–water partition coefficient (Wildman–Crippen LogP) is 2.85. The Morgan fingerprint density at radius 1 is 1.35 bits per heavy atom. The lowest BCUT2D eigenvalue weighted by atomic mass is 10.0. The van der Waals surface area contributed by atoms with E-state index in [4.69, 9.17) is 26.2 Å². The van der Waals surface area contributed by atoms with Crippen LogP contribution in [0, 0.1) is 5.92 Å². The third-order valence-corrected chi connectivity index (χ3v) is 3.62. The molecule has 0 amide bonds. The normalized spacial score (nSPS) is 13.9. The molecule has 0 fully saturated rings. The number of ether oxygens (including phenoxy) is 2. The van der Waals surface area contributed by atoms with Gasteiger partial charge in [-0.05, 0) is 37.5 Å². The van der Waals surface area contributed by atoms with Crippen molar-refractivity contribution in [1.29, 1.82) is 0 Å². The number of aliphatic hydroxyl groups excluding tert-OH is 1. The van der Waals surface area contributed by atoms with Crippen molar-refractivity contribution in [1.82, 2.24) is 5.32 Å². The zero-order valence-corrected chi connectivity index (χ0v) is 13.3. The van der Waals surface area contributed by atoms with E-state index in [2.05, 4.69) is 12.2 Å². The molecule has 114 valence electrons. The van der Waals surface area contributed by atoms with Gasteiger partial charge in [-0.1, -0.05) is 18.5 Å². The van der Waals surface area contributed by atoms with Gasteiger partial charge in [-0.15, -0.1) is 0 Å². The fraction of sp³-hybridized carbons (Fsp3) is 0.600. The van der Waals surface area contributed by atoms with E-state index in [-0.39, 0.29) is 18.6 Å². The number of aliphatic hydroxyl groups is 1. The molecule has 2 N–H and O–H groups in total. The van der Waals surface area contributed by atoms with Crippen LogP contribution < -0.4 is 14.8 Å². The van der Waals surface area contributed by atoms with Crippen LogP contribution >= 0.6 is 11.6 Å². The molecule has 0 bridgehead atoms. The van der Waals surface area contributed by atoms with E-state index in [1.165, 1.54) is 0 Å². The van der Waals surface area contributed by atoms with Crippen molar-refractivity contribution in [3.8, 4) is 11.5 Å². The summed E-state index contributed by atoms with van der Waals surface area (Å²) in [5.74, 6) is 1.42. The van der Waals surface area contributed by atoms with Crippen LogP contribution in [0.1, 0.15) is 26.3 Å². The molecule has 0 aliphatic rings. The van der Waals surface area contributed by atoms with E-state index < -0.39 is 0 Å². The Balaban J connectivity index is 2.80. The van der Waals surface area contributed by atoms with Crippen molar-refractivity contribution in [3.63, 3.8) is 0 Å². The number of rotatable bonds is 8. The predicted molar refractivity (Wildman–Crippen MR) is 81.7 cm³/mol. The molecule has 20 heavy (non-hydrogen) atoms. The number of nitrogens with one attached hydrogen (secondary N) is 1. The lowest BCUT2D eigenvalue weighted by Crippen LogP contribution is -2.33. The fourth-order valence-electron chi connectivity index (χ4n) is 1.82. The second-order valence-electron chi connectivity index (χ2n) is 4.87. The summed E-state index contributed by atoms with van der Waals surface area (Å²) in [6.45, 7) is 7.36. The first-order valence-corrected chi connectivity index (χ1v) is 7.24. The lowest BCUT2D eigenvalue weighted by molar-refractivity contribution is 0.207. The average Bonchev–Trinajstić information content (AvgIpc) is 2.44. The van der Waals surface area contributed by atoms with Crippen molar-refractivity contribution in [2.45, 2.75) is 33.4 Å². The smallest absolute Gasteiger partial charge is 0.179 e. The largest absolute Gasteiger partial charge is 0.491 e. The summed E-state index contributed by atoms with van der Waals surface area (Å²) in [6, 6.07) is 4.01.